The van der Waals surface area contributed by atoms with E-state index >= 15 is 0 Å². The minimum atomic E-state index is 0.679. The van der Waals surface area contributed by atoms with E-state index in [4.69, 9.17) is 4.74 Å². The molecule has 0 aromatic heterocycles. The predicted octanol–water partition coefficient (Wildman–Crippen LogP) is 4.87. The smallest absolute Gasteiger partial charge is 0.0727 e. The second-order valence-electron chi connectivity index (χ2n) is 4.32. The lowest BCUT2D eigenvalue weighted by atomic mass is 9.97. The van der Waals surface area contributed by atoms with Crippen LogP contribution in [-0.4, -0.2) is 6.26 Å². The normalized spacial score (nSPS) is 13.7. The first-order valence-corrected chi connectivity index (χ1v) is 7.83. The summed E-state index contributed by atoms with van der Waals surface area (Å²) in [5.41, 5.74) is 5.12. The van der Waals surface area contributed by atoms with Crippen LogP contribution in [0.25, 0.3) is 11.1 Å². The molecule has 3 rings (SSSR count). The highest BCUT2D eigenvalue weighted by Crippen LogP contribution is 2.34. The van der Waals surface area contributed by atoms with E-state index in [0.717, 1.165) is 4.47 Å². The van der Waals surface area contributed by atoms with Crippen molar-refractivity contribution in [3.05, 3.63) is 52.0 Å². The molecule has 0 amide bonds. The Morgan fingerprint density at radius 1 is 1.00 bits per heavy atom. The molecule has 0 unspecified atom stereocenters. The van der Waals surface area contributed by atoms with Crippen molar-refractivity contribution in [2.24, 2.45) is 0 Å². The van der Waals surface area contributed by atoms with Gasteiger partial charge in [0.25, 0.3) is 0 Å². The highest BCUT2D eigenvalue weighted by molar-refractivity contribution is 9.10. The van der Waals surface area contributed by atoms with Crippen molar-refractivity contribution in [2.45, 2.75) is 18.1 Å². The van der Waals surface area contributed by atoms with Gasteiger partial charge in [0.05, 0.1) is 13.2 Å². The van der Waals surface area contributed by atoms with Gasteiger partial charge in [-0.25, -0.2) is 0 Å². The van der Waals surface area contributed by atoms with E-state index in [-0.39, 0.29) is 0 Å². The van der Waals surface area contributed by atoms with Gasteiger partial charge in [0.2, 0.25) is 0 Å². The summed E-state index contributed by atoms with van der Waals surface area (Å²) < 4.78 is 6.88. The number of halogens is 1. The third-order valence-electron chi connectivity index (χ3n) is 3.19. The van der Waals surface area contributed by atoms with Crippen molar-refractivity contribution in [1.82, 2.24) is 0 Å². The highest BCUT2D eigenvalue weighted by Gasteiger charge is 2.15. The molecule has 0 saturated carbocycles. The maximum atomic E-state index is 5.77. The topological polar surface area (TPSA) is 9.23 Å². The fourth-order valence-corrected chi connectivity index (χ4v) is 3.17. The van der Waals surface area contributed by atoms with Crippen LogP contribution in [0, 0.1) is 0 Å². The minimum absolute atomic E-state index is 0.679. The summed E-state index contributed by atoms with van der Waals surface area (Å²) in [5, 5.41) is 0. The van der Waals surface area contributed by atoms with Crippen molar-refractivity contribution >= 4 is 27.7 Å². The van der Waals surface area contributed by atoms with Gasteiger partial charge in [0.15, 0.2) is 0 Å². The maximum absolute atomic E-state index is 5.77. The Morgan fingerprint density at radius 3 is 2.39 bits per heavy atom. The first-order chi connectivity index (χ1) is 8.78. The summed E-state index contributed by atoms with van der Waals surface area (Å²) in [4.78, 5) is 1.29. The largest absolute Gasteiger partial charge is 0.372 e. The average Bonchev–Trinajstić information content (AvgIpc) is 2.56. The highest BCUT2D eigenvalue weighted by atomic mass is 79.9. The van der Waals surface area contributed by atoms with E-state index in [9.17, 15) is 0 Å². The van der Waals surface area contributed by atoms with E-state index in [1.807, 2.05) is 0 Å². The van der Waals surface area contributed by atoms with Crippen molar-refractivity contribution in [3.8, 4) is 11.1 Å². The van der Waals surface area contributed by atoms with E-state index in [2.05, 4.69) is 58.6 Å². The molecule has 18 heavy (non-hydrogen) atoms. The molecule has 0 saturated heterocycles. The minimum Gasteiger partial charge on any atom is -0.372 e. The maximum Gasteiger partial charge on any atom is 0.0727 e. The van der Waals surface area contributed by atoms with Crippen LogP contribution < -0.4 is 0 Å². The van der Waals surface area contributed by atoms with Gasteiger partial charge in [0.1, 0.15) is 0 Å². The Kier molecular flexibility index (Phi) is 3.46. The molecular formula is C15H13BrOS. The van der Waals surface area contributed by atoms with Gasteiger partial charge in [-0.1, -0.05) is 28.1 Å². The molecule has 0 spiro atoms. The predicted molar refractivity (Wildman–Crippen MR) is 79.9 cm³/mol. The third kappa shape index (κ3) is 2.22. The summed E-state index contributed by atoms with van der Waals surface area (Å²) >= 11 is 5.29. The Morgan fingerprint density at radius 2 is 1.67 bits per heavy atom. The first kappa shape index (κ1) is 12.3. The zero-order valence-corrected chi connectivity index (χ0v) is 12.5. The van der Waals surface area contributed by atoms with Crippen LogP contribution in [0.3, 0.4) is 0 Å². The lowest BCUT2D eigenvalue weighted by molar-refractivity contribution is 0.109. The Balaban J connectivity index is 2.18. The zero-order chi connectivity index (χ0) is 12.5. The fourth-order valence-electron chi connectivity index (χ4n) is 2.29. The van der Waals surface area contributed by atoms with Crippen molar-refractivity contribution in [1.29, 1.82) is 0 Å². The van der Waals surface area contributed by atoms with Crippen LogP contribution in [0.2, 0.25) is 0 Å². The van der Waals surface area contributed by atoms with E-state index in [1.165, 1.54) is 27.1 Å². The van der Waals surface area contributed by atoms with E-state index < -0.39 is 0 Å². The number of benzene rings is 2. The molecule has 1 aliphatic rings. The first-order valence-electron chi connectivity index (χ1n) is 5.81. The number of thioether (sulfide) groups is 1. The third-order valence-corrected chi connectivity index (χ3v) is 4.40. The van der Waals surface area contributed by atoms with Crippen LogP contribution in [0.15, 0.2) is 45.8 Å². The van der Waals surface area contributed by atoms with Gasteiger partial charge in [-0.05, 0) is 52.8 Å². The summed E-state index contributed by atoms with van der Waals surface area (Å²) in [7, 11) is 0. The Labute approximate surface area is 120 Å². The van der Waals surface area contributed by atoms with Crippen LogP contribution in [-0.2, 0) is 18.0 Å². The summed E-state index contributed by atoms with van der Waals surface area (Å²) in [6, 6.07) is 13.0. The van der Waals surface area contributed by atoms with Gasteiger partial charge in [-0.15, -0.1) is 11.8 Å². The summed E-state index contributed by atoms with van der Waals surface area (Å²) in [6.07, 6.45) is 2.10. The molecule has 1 heterocycles. The van der Waals surface area contributed by atoms with Crippen LogP contribution in [0.5, 0.6) is 0 Å². The number of fused-ring (bicyclic) bond motifs is 3. The summed E-state index contributed by atoms with van der Waals surface area (Å²) in [6.45, 7) is 1.37. The number of hydrogen-bond donors (Lipinski definition) is 0. The average molecular weight is 321 g/mol. The molecule has 0 radical (unpaired) electrons. The zero-order valence-electron chi connectivity index (χ0n) is 10.1. The SMILES string of the molecule is CSc1ccc2c(c1)COCc1cc(Br)ccc1-2. The second kappa shape index (κ2) is 5.08. The van der Waals surface area contributed by atoms with Crippen molar-refractivity contribution in [3.63, 3.8) is 0 Å². The van der Waals surface area contributed by atoms with Crippen LogP contribution in [0.4, 0.5) is 0 Å². The molecule has 0 N–H and O–H groups in total. The number of ether oxygens (including phenoxy) is 1. The lowest BCUT2D eigenvalue weighted by Gasteiger charge is -2.09. The van der Waals surface area contributed by atoms with E-state index in [0.29, 0.717) is 13.2 Å². The lowest BCUT2D eigenvalue weighted by Crippen LogP contribution is -1.90. The van der Waals surface area contributed by atoms with Gasteiger partial charge in [-0.3, -0.25) is 0 Å². The van der Waals surface area contributed by atoms with Crippen molar-refractivity contribution in [2.75, 3.05) is 6.26 Å². The molecule has 1 nitrogen and oxygen atoms in total. The number of hydrogen-bond acceptors (Lipinski definition) is 2. The Hall–Kier alpha value is -0.770. The molecule has 0 aliphatic carbocycles. The number of rotatable bonds is 1. The molecule has 2 aromatic rings. The second-order valence-corrected chi connectivity index (χ2v) is 6.11. The van der Waals surface area contributed by atoms with Gasteiger partial charge >= 0.3 is 0 Å². The van der Waals surface area contributed by atoms with Crippen LogP contribution in [0.1, 0.15) is 11.1 Å². The standard InChI is InChI=1S/C15H13BrOS/c1-18-13-3-5-15-11(7-13)9-17-8-10-6-12(16)2-4-14(10)15/h2-7H,8-9H2,1H3. The monoisotopic (exact) mass is 320 g/mol. The molecule has 1 aliphatic heterocycles. The van der Waals surface area contributed by atoms with E-state index in [1.54, 1.807) is 11.8 Å². The quantitative estimate of drug-likeness (QED) is 0.693. The van der Waals surface area contributed by atoms with Gasteiger partial charge < -0.3 is 4.74 Å². The Bertz CT molecular complexity index is 595. The van der Waals surface area contributed by atoms with Gasteiger partial charge in [0, 0.05) is 9.37 Å². The molecule has 92 valence electrons. The van der Waals surface area contributed by atoms with Crippen LogP contribution >= 0.6 is 27.7 Å². The molecule has 2 aromatic carbocycles. The molecule has 3 heteroatoms. The molecule has 0 bridgehead atoms. The van der Waals surface area contributed by atoms with Crippen molar-refractivity contribution < 1.29 is 4.74 Å². The summed E-state index contributed by atoms with van der Waals surface area (Å²) in [5.74, 6) is 0. The molecular weight excluding hydrogens is 308 g/mol. The fraction of sp³-hybridized carbons (Fsp3) is 0.200. The molecule has 0 fully saturated rings. The molecule has 0 atom stereocenters. The van der Waals surface area contributed by atoms with Gasteiger partial charge in [-0.2, -0.15) is 0 Å².